The van der Waals surface area contributed by atoms with Crippen LogP contribution in [0.1, 0.15) is 13.3 Å². The zero-order valence-corrected chi connectivity index (χ0v) is 10.9. The molecule has 0 radical (unpaired) electrons. The minimum absolute atomic E-state index is 0.240. The standard InChI is InChI=1S/C13H20N2O3/c1-3-18-10-6-9-14-13(16)15-11-7-4-5-8-12(11)17-2/h4-5,7-8H,3,6,9-10H2,1-2H3,(H2,14,15,16). The predicted octanol–water partition coefficient (Wildman–Crippen LogP) is 2.24. The van der Waals surface area contributed by atoms with Crippen LogP contribution in [0.5, 0.6) is 5.75 Å². The van der Waals surface area contributed by atoms with Gasteiger partial charge in [0.2, 0.25) is 0 Å². The lowest BCUT2D eigenvalue weighted by molar-refractivity contribution is 0.145. The van der Waals surface area contributed by atoms with E-state index in [1.807, 2.05) is 19.1 Å². The van der Waals surface area contributed by atoms with Crippen molar-refractivity contribution in [3.05, 3.63) is 24.3 Å². The van der Waals surface area contributed by atoms with Crippen molar-refractivity contribution in [3.63, 3.8) is 0 Å². The zero-order valence-electron chi connectivity index (χ0n) is 10.9. The maximum atomic E-state index is 11.6. The molecule has 1 aromatic rings. The highest BCUT2D eigenvalue weighted by Crippen LogP contribution is 2.22. The average molecular weight is 252 g/mol. The summed E-state index contributed by atoms with van der Waals surface area (Å²) in [6.45, 7) is 3.89. The first-order valence-electron chi connectivity index (χ1n) is 6.03. The third-order valence-corrected chi connectivity index (χ3v) is 2.31. The second-order valence-electron chi connectivity index (χ2n) is 3.63. The summed E-state index contributed by atoms with van der Waals surface area (Å²) >= 11 is 0. The molecule has 1 rings (SSSR count). The third-order valence-electron chi connectivity index (χ3n) is 2.31. The number of methoxy groups -OCH3 is 1. The Hall–Kier alpha value is -1.75. The topological polar surface area (TPSA) is 59.6 Å². The molecule has 0 saturated carbocycles. The lowest BCUT2D eigenvalue weighted by atomic mass is 10.3. The number of hydrogen-bond acceptors (Lipinski definition) is 3. The van der Waals surface area contributed by atoms with Crippen molar-refractivity contribution >= 4 is 11.7 Å². The number of carbonyl (C=O) groups excluding carboxylic acids is 1. The van der Waals surface area contributed by atoms with E-state index >= 15 is 0 Å². The van der Waals surface area contributed by atoms with E-state index in [1.165, 1.54) is 0 Å². The van der Waals surface area contributed by atoms with Gasteiger partial charge in [-0.3, -0.25) is 0 Å². The number of amides is 2. The van der Waals surface area contributed by atoms with E-state index in [9.17, 15) is 4.79 Å². The van der Waals surface area contributed by atoms with Crippen LogP contribution in [0, 0.1) is 0 Å². The summed E-state index contributed by atoms with van der Waals surface area (Å²) in [4.78, 5) is 11.6. The van der Waals surface area contributed by atoms with E-state index in [4.69, 9.17) is 9.47 Å². The summed E-state index contributed by atoms with van der Waals surface area (Å²) in [5.74, 6) is 0.641. The van der Waals surface area contributed by atoms with Gasteiger partial charge in [0, 0.05) is 19.8 Å². The number of rotatable bonds is 7. The number of urea groups is 1. The molecule has 2 N–H and O–H groups in total. The van der Waals surface area contributed by atoms with Gasteiger partial charge in [-0.25, -0.2) is 4.79 Å². The summed E-state index contributed by atoms with van der Waals surface area (Å²) in [6.07, 6.45) is 0.799. The molecule has 1 aromatic carbocycles. The lowest BCUT2D eigenvalue weighted by Gasteiger charge is -2.10. The molecule has 0 heterocycles. The molecule has 0 aromatic heterocycles. The van der Waals surface area contributed by atoms with Crippen LogP contribution in [0.4, 0.5) is 10.5 Å². The van der Waals surface area contributed by atoms with Crippen LogP contribution in [0.25, 0.3) is 0 Å². The summed E-state index contributed by atoms with van der Waals surface area (Å²) in [5, 5.41) is 5.49. The van der Waals surface area contributed by atoms with Crippen molar-refractivity contribution in [2.24, 2.45) is 0 Å². The smallest absolute Gasteiger partial charge is 0.319 e. The molecule has 18 heavy (non-hydrogen) atoms. The monoisotopic (exact) mass is 252 g/mol. The van der Waals surface area contributed by atoms with E-state index in [0.29, 0.717) is 31.2 Å². The van der Waals surface area contributed by atoms with Crippen molar-refractivity contribution < 1.29 is 14.3 Å². The van der Waals surface area contributed by atoms with E-state index in [0.717, 1.165) is 6.42 Å². The molecule has 0 fully saturated rings. The lowest BCUT2D eigenvalue weighted by Crippen LogP contribution is -2.30. The first kappa shape index (κ1) is 14.3. The maximum absolute atomic E-state index is 11.6. The molecule has 0 aliphatic rings. The fourth-order valence-corrected chi connectivity index (χ4v) is 1.43. The third kappa shape index (κ3) is 5.05. The van der Waals surface area contributed by atoms with Crippen LogP contribution in [-0.2, 0) is 4.74 Å². The highest BCUT2D eigenvalue weighted by Gasteiger charge is 2.05. The Morgan fingerprint density at radius 1 is 1.33 bits per heavy atom. The first-order valence-corrected chi connectivity index (χ1v) is 6.03. The minimum Gasteiger partial charge on any atom is -0.495 e. The molecule has 0 bridgehead atoms. The Morgan fingerprint density at radius 3 is 2.83 bits per heavy atom. The molecular weight excluding hydrogens is 232 g/mol. The van der Waals surface area contributed by atoms with Gasteiger partial charge in [0.25, 0.3) is 0 Å². The van der Waals surface area contributed by atoms with Gasteiger partial charge < -0.3 is 20.1 Å². The molecule has 100 valence electrons. The number of ether oxygens (including phenoxy) is 2. The molecule has 0 aliphatic carbocycles. The fourth-order valence-electron chi connectivity index (χ4n) is 1.43. The fraction of sp³-hybridized carbons (Fsp3) is 0.462. The number of nitrogens with one attached hydrogen (secondary N) is 2. The molecule has 5 nitrogen and oxygen atoms in total. The Labute approximate surface area is 107 Å². The number of para-hydroxylation sites is 2. The number of anilines is 1. The largest absolute Gasteiger partial charge is 0.495 e. The van der Waals surface area contributed by atoms with Gasteiger partial charge in [-0.2, -0.15) is 0 Å². The van der Waals surface area contributed by atoms with Gasteiger partial charge in [-0.05, 0) is 25.5 Å². The van der Waals surface area contributed by atoms with Gasteiger partial charge in [0.1, 0.15) is 5.75 Å². The summed E-state index contributed by atoms with van der Waals surface area (Å²) < 4.78 is 10.3. The van der Waals surface area contributed by atoms with Crippen molar-refractivity contribution in [2.45, 2.75) is 13.3 Å². The van der Waals surface area contributed by atoms with Crippen LogP contribution >= 0.6 is 0 Å². The average Bonchev–Trinajstić information content (AvgIpc) is 2.39. The van der Waals surface area contributed by atoms with Crippen molar-refractivity contribution in [2.75, 3.05) is 32.2 Å². The van der Waals surface area contributed by atoms with Gasteiger partial charge in [0.05, 0.1) is 12.8 Å². The highest BCUT2D eigenvalue weighted by molar-refractivity contribution is 5.90. The second kappa shape index (κ2) is 8.36. The Bertz CT molecular complexity index is 369. The normalized spacial score (nSPS) is 9.89. The Balaban J connectivity index is 2.31. The number of carbonyl (C=O) groups is 1. The van der Waals surface area contributed by atoms with Crippen LogP contribution < -0.4 is 15.4 Å². The van der Waals surface area contributed by atoms with Gasteiger partial charge >= 0.3 is 6.03 Å². The van der Waals surface area contributed by atoms with Gasteiger partial charge in [0.15, 0.2) is 0 Å². The zero-order chi connectivity index (χ0) is 13.2. The van der Waals surface area contributed by atoms with Crippen LogP contribution in [-0.4, -0.2) is 32.9 Å². The Kier molecular flexibility index (Phi) is 6.64. The SMILES string of the molecule is CCOCCCNC(=O)Nc1ccccc1OC. The molecule has 5 heteroatoms. The first-order chi connectivity index (χ1) is 8.77. The van der Waals surface area contributed by atoms with E-state index in [1.54, 1.807) is 19.2 Å². The quantitative estimate of drug-likeness (QED) is 0.732. The summed E-state index contributed by atoms with van der Waals surface area (Å²) in [7, 11) is 1.57. The van der Waals surface area contributed by atoms with Crippen LogP contribution in [0.15, 0.2) is 24.3 Å². The van der Waals surface area contributed by atoms with Crippen LogP contribution in [0.2, 0.25) is 0 Å². The Morgan fingerprint density at radius 2 is 2.11 bits per heavy atom. The molecule has 0 spiro atoms. The number of benzene rings is 1. The summed E-state index contributed by atoms with van der Waals surface area (Å²) in [5.41, 5.74) is 0.655. The minimum atomic E-state index is -0.240. The van der Waals surface area contributed by atoms with Crippen molar-refractivity contribution in [1.29, 1.82) is 0 Å². The van der Waals surface area contributed by atoms with E-state index in [2.05, 4.69) is 10.6 Å². The number of hydrogen-bond donors (Lipinski definition) is 2. The molecule has 0 atom stereocenters. The maximum Gasteiger partial charge on any atom is 0.319 e. The second-order valence-corrected chi connectivity index (χ2v) is 3.63. The van der Waals surface area contributed by atoms with Crippen molar-refractivity contribution in [3.8, 4) is 5.75 Å². The van der Waals surface area contributed by atoms with Gasteiger partial charge in [-0.1, -0.05) is 12.1 Å². The highest BCUT2D eigenvalue weighted by atomic mass is 16.5. The van der Waals surface area contributed by atoms with Crippen LogP contribution in [0.3, 0.4) is 0 Å². The predicted molar refractivity (Wildman–Crippen MR) is 71.1 cm³/mol. The van der Waals surface area contributed by atoms with Crippen molar-refractivity contribution in [1.82, 2.24) is 5.32 Å². The molecule has 0 unspecified atom stereocenters. The van der Waals surface area contributed by atoms with E-state index < -0.39 is 0 Å². The summed E-state index contributed by atoms with van der Waals surface area (Å²) in [6, 6.07) is 7.04. The van der Waals surface area contributed by atoms with E-state index in [-0.39, 0.29) is 6.03 Å². The molecule has 0 saturated heterocycles. The molecule has 0 aliphatic heterocycles. The van der Waals surface area contributed by atoms with Gasteiger partial charge in [-0.15, -0.1) is 0 Å². The molecule has 2 amide bonds. The molecular formula is C13H20N2O3.